The first-order valence-electron chi connectivity index (χ1n) is 6.75. The molecule has 0 bridgehead atoms. The van der Waals surface area contributed by atoms with E-state index >= 15 is 0 Å². The molecule has 1 unspecified atom stereocenters. The van der Waals surface area contributed by atoms with Crippen molar-refractivity contribution in [3.8, 4) is 0 Å². The summed E-state index contributed by atoms with van der Waals surface area (Å²) >= 11 is 0. The molecule has 5 nitrogen and oxygen atoms in total. The van der Waals surface area contributed by atoms with Crippen molar-refractivity contribution in [2.75, 3.05) is 33.4 Å². The zero-order chi connectivity index (χ0) is 12.8. The molecular formula is C13H24N4O. The first-order valence-corrected chi connectivity index (χ1v) is 6.75. The van der Waals surface area contributed by atoms with Crippen molar-refractivity contribution >= 4 is 0 Å². The molecule has 0 amide bonds. The minimum Gasteiger partial charge on any atom is -0.381 e. The van der Waals surface area contributed by atoms with E-state index in [0.717, 1.165) is 38.5 Å². The number of hydrogen-bond acceptors (Lipinski definition) is 4. The highest BCUT2D eigenvalue weighted by atomic mass is 16.5. The summed E-state index contributed by atoms with van der Waals surface area (Å²) in [5.74, 6) is 0.676. The van der Waals surface area contributed by atoms with Crippen LogP contribution < -0.4 is 5.73 Å². The quantitative estimate of drug-likeness (QED) is 0.810. The van der Waals surface area contributed by atoms with E-state index in [4.69, 9.17) is 10.5 Å². The first-order chi connectivity index (χ1) is 8.78. The molecule has 2 heterocycles. The van der Waals surface area contributed by atoms with Crippen molar-refractivity contribution in [3.05, 3.63) is 18.2 Å². The van der Waals surface area contributed by atoms with Gasteiger partial charge in [0.15, 0.2) is 0 Å². The van der Waals surface area contributed by atoms with Crippen LogP contribution in [0.25, 0.3) is 0 Å². The Morgan fingerprint density at radius 3 is 3.22 bits per heavy atom. The second-order valence-corrected chi connectivity index (χ2v) is 5.17. The lowest BCUT2D eigenvalue weighted by atomic mass is 10.0. The van der Waals surface area contributed by atoms with Crippen LogP contribution in [0.15, 0.2) is 12.5 Å². The highest BCUT2D eigenvalue weighted by molar-refractivity contribution is 4.96. The Morgan fingerprint density at radius 1 is 1.61 bits per heavy atom. The van der Waals surface area contributed by atoms with E-state index in [0.29, 0.717) is 12.5 Å². The highest BCUT2D eigenvalue weighted by Gasteiger charge is 2.16. The summed E-state index contributed by atoms with van der Waals surface area (Å²) in [6.45, 7) is 5.33. The normalized spacial score (nSPS) is 20.5. The summed E-state index contributed by atoms with van der Waals surface area (Å²) in [5.41, 5.74) is 6.64. The lowest BCUT2D eigenvalue weighted by Crippen LogP contribution is -2.30. The predicted octanol–water partition coefficient (Wildman–Crippen LogP) is 0.700. The third kappa shape index (κ3) is 4.08. The van der Waals surface area contributed by atoms with Gasteiger partial charge >= 0.3 is 0 Å². The number of hydrogen-bond donors (Lipinski definition) is 1. The number of imidazole rings is 1. The van der Waals surface area contributed by atoms with Gasteiger partial charge in [0.2, 0.25) is 0 Å². The summed E-state index contributed by atoms with van der Waals surface area (Å²) in [7, 11) is 2.15. The SMILES string of the molecule is CN(Cc1cn(CCN)cn1)CC1CCCOC1. The average molecular weight is 252 g/mol. The number of aromatic nitrogens is 2. The molecule has 102 valence electrons. The zero-order valence-electron chi connectivity index (χ0n) is 11.2. The van der Waals surface area contributed by atoms with E-state index in [9.17, 15) is 0 Å². The van der Waals surface area contributed by atoms with Gasteiger partial charge in [-0.25, -0.2) is 4.98 Å². The van der Waals surface area contributed by atoms with Crippen LogP contribution in [0.2, 0.25) is 0 Å². The summed E-state index contributed by atoms with van der Waals surface area (Å²) < 4.78 is 7.56. The average Bonchev–Trinajstić information content (AvgIpc) is 2.78. The van der Waals surface area contributed by atoms with E-state index in [-0.39, 0.29) is 0 Å². The molecule has 2 N–H and O–H groups in total. The Hall–Kier alpha value is -0.910. The van der Waals surface area contributed by atoms with Gasteiger partial charge in [-0.05, 0) is 25.8 Å². The molecule has 0 spiro atoms. The molecule has 18 heavy (non-hydrogen) atoms. The summed E-state index contributed by atoms with van der Waals surface area (Å²) in [6.07, 6.45) is 6.43. The second-order valence-electron chi connectivity index (χ2n) is 5.17. The van der Waals surface area contributed by atoms with E-state index in [2.05, 4.69) is 23.1 Å². The molecule has 0 radical (unpaired) electrons. The maximum absolute atomic E-state index is 5.52. The van der Waals surface area contributed by atoms with Gasteiger partial charge in [0.1, 0.15) is 0 Å². The third-order valence-corrected chi connectivity index (χ3v) is 3.33. The van der Waals surface area contributed by atoms with Crippen LogP contribution in [0, 0.1) is 5.92 Å². The number of nitrogens with zero attached hydrogens (tertiary/aromatic N) is 3. The third-order valence-electron chi connectivity index (χ3n) is 3.33. The molecule has 1 aromatic heterocycles. The topological polar surface area (TPSA) is 56.3 Å². The van der Waals surface area contributed by atoms with Gasteiger partial charge in [0, 0.05) is 39.0 Å². The Labute approximate surface area is 109 Å². The second kappa shape index (κ2) is 6.87. The monoisotopic (exact) mass is 252 g/mol. The zero-order valence-corrected chi connectivity index (χ0v) is 11.2. The van der Waals surface area contributed by atoms with Gasteiger partial charge in [-0.3, -0.25) is 0 Å². The van der Waals surface area contributed by atoms with E-state index < -0.39 is 0 Å². The Bertz CT molecular complexity index is 347. The number of rotatable bonds is 6. The standard InChI is InChI=1S/C13H24N4O/c1-16(7-12-3-2-6-18-10-12)8-13-9-17(5-4-14)11-15-13/h9,11-12H,2-8,10,14H2,1H3. The van der Waals surface area contributed by atoms with E-state index in [1.165, 1.54) is 12.8 Å². The van der Waals surface area contributed by atoms with Crippen LogP contribution in [0.4, 0.5) is 0 Å². The largest absolute Gasteiger partial charge is 0.381 e. The van der Waals surface area contributed by atoms with Gasteiger partial charge in [-0.2, -0.15) is 0 Å². The Balaban J connectivity index is 1.76. The van der Waals surface area contributed by atoms with Crippen LogP contribution in [0.5, 0.6) is 0 Å². The number of ether oxygens (including phenoxy) is 1. The molecule has 5 heteroatoms. The fraction of sp³-hybridized carbons (Fsp3) is 0.769. The van der Waals surface area contributed by atoms with Crippen LogP contribution in [0.3, 0.4) is 0 Å². The van der Waals surface area contributed by atoms with Crippen molar-refractivity contribution in [1.29, 1.82) is 0 Å². The molecule has 0 aromatic carbocycles. The van der Waals surface area contributed by atoms with Crippen LogP contribution >= 0.6 is 0 Å². The van der Waals surface area contributed by atoms with Gasteiger partial charge in [0.05, 0.1) is 18.6 Å². The van der Waals surface area contributed by atoms with Crippen molar-refractivity contribution in [1.82, 2.24) is 14.5 Å². The van der Waals surface area contributed by atoms with Gasteiger partial charge in [0.25, 0.3) is 0 Å². The number of nitrogens with two attached hydrogens (primary N) is 1. The fourth-order valence-corrected chi connectivity index (χ4v) is 2.49. The molecular weight excluding hydrogens is 228 g/mol. The molecule has 0 saturated carbocycles. The van der Waals surface area contributed by atoms with Crippen molar-refractivity contribution in [2.45, 2.75) is 25.9 Å². The molecule has 0 aliphatic carbocycles. The molecule has 1 aliphatic rings. The predicted molar refractivity (Wildman–Crippen MR) is 71.2 cm³/mol. The van der Waals surface area contributed by atoms with E-state index in [1.807, 2.05) is 10.9 Å². The first kappa shape index (κ1) is 13.5. The molecule has 1 fully saturated rings. The molecule has 1 aliphatic heterocycles. The molecule has 1 atom stereocenters. The lowest BCUT2D eigenvalue weighted by molar-refractivity contribution is 0.0410. The van der Waals surface area contributed by atoms with Crippen LogP contribution in [-0.4, -0.2) is 47.8 Å². The maximum atomic E-state index is 5.52. The minimum absolute atomic E-state index is 0.658. The summed E-state index contributed by atoms with van der Waals surface area (Å²) in [5, 5.41) is 0. The van der Waals surface area contributed by atoms with Gasteiger partial charge in [-0.15, -0.1) is 0 Å². The lowest BCUT2D eigenvalue weighted by Gasteiger charge is -2.26. The summed E-state index contributed by atoms with van der Waals surface area (Å²) in [6, 6.07) is 0. The van der Waals surface area contributed by atoms with Crippen LogP contribution in [0.1, 0.15) is 18.5 Å². The fourth-order valence-electron chi connectivity index (χ4n) is 2.49. The van der Waals surface area contributed by atoms with Crippen molar-refractivity contribution in [2.24, 2.45) is 11.7 Å². The maximum Gasteiger partial charge on any atom is 0.0950 e. The van der Waals surface area contributed by atoms with Gasteiger partial charge in [-0.1, -0.05) is 0 Å². The van der Waals surface area contributed by atoms with Crippen LogP contribution in [-0.2, 0) is 17.8 Å². The molecule has 1 saturated heterocycles. The van der Waals surface area contributed by atoms with Crippen molar-refractivity contribution < 1.29 is 4.74 Å². The smallest absolute Gasteiger partial charge is 0.0950 e. The van der Waals surface area contributed by atoms with E-state index in [1.54, 1.807) is 0 Å². The Kier molecular flexibility index (Phi) is 5.16. The molecule has 2 rings (SSSR count). The van der Waals surface area contributed by atoms with Gasteiger partial charge < -0.3 is 19.9 Å². The summed E-state index contributed by atoms with van der Waals surface area (Å²) in [4.78, 5) is 6.73. The molecule has 1 aromatic rings. The Morgan fingerprint density at radius 2 is 2.50 bits per heavy atom. The highest BCUT2D eigenvalue weighted by Crippen LogP contribution is 2.15. The minimum atomic E-state index is 0.658. The van der Waals surface area contributed by atoms with Crippen molar-refractivity contribution in [3.63, 3.8) is 0 Å².